The van der Waals surface area contributed by atoms with Crippen molar-refractivity contribution in [2.45, 2.75) is 54.3 Å². The van der Waals surface area contributed by atoms with Gasteiger partial charge in [0.25, 0.3) is 10.0 Å². The van der Waals surface area contributed by atoms with E-state index in [0.29, 0.717) is 21.1 Å². The fourth-order valence-corrected chi connectivity index (χ4v) is 6.68. The van der Waals surface area contributed by atoms with E-state index in [9.17, 15) is 40.0 Å². The van der Waals surface area contributed by atoms with Crippen LogP contribution in [0.15, 0.2) is 38.2 Å². The average molecular weight is 570 g/mol. The lowest BCUT2D eigenvalue weighted by atomic mass is 10.1. The first-order chi connectivity index (χ1) is 16.7. The zero-order valence-corrected chi connectivity index (χ0v) is 21.3. The summed E-state index contributed by atoms with van der Waals surface area (Å²) in [5, 5.41) is 0. The Morgan fingerprint density at radius 2 is 1.75 bits per heavy atom. The van der Waals surface area contributed by atoms with E-state index in [1.165, 1.54) is 40.2 Å². The zero-order valence-electron chi connectivity index (χ0n) is 18.9. The number of nitrogens with one attached hydrogen (secondary N) is 1. The Balaban J connectivity index is 1.85. The standard InChI is InChI=1S/C21H20F5N3O4S3/c1-12-13(2)35-18(34-10-4-3-9-20(22,23)21(24,25)26)16-17(27-19(31)29(12)16)28-36(32,33)15-7-5-14(11-30)6-8-15/h5-8,11H,3-4,9-10H2,1-2H3,(H,27,28,31). The van der Waals surface area contributed by atoms with Crippen molar-refractivity contribution in [3.05, 3.63) is 50.9 Å². The van der Waals surface area contributed by atoms with Gasteiger partial charge in [-0.25, -0.2) is 13.2 Å². The molecule has 15 heteroatoms. The molecule has 0 saturated heterocycles. The van der Waals surface area contributed by atoms with E-state index in [-0.39, 0.29) is 40.6 Å². The number of carbonyl (C=O) groups is 1. The smallest absolute Gasteiger partial charge is 0.298 e. The Hall–Kier alpha value is -2.52. The van der Waals surface area contributed by atoms with Crippen LogP contribution in [0.25, 0.3) is 5.69 Å². The van der Waals surface area contributed by atoms with Crippen molar-refractivity contribution in [3.63, 3.8) is 0 Å². The maximum atomic E-state index is 13.1. The van der Waals surface area contributed by atoms with Gasteiger partial charge >= 0.3 is 17.8 Å². The first-order valence-corrected chi connectivity index (χ1v) is 13.6. The molecule has 1 N–H and O–H groups in total. The number of imidazole rings is 1. The molecule has 2 heterocycles. The Bertz CT molecular complexity index is 1380. The Morgan fingerprint density at radius 3 is 2.33 bits per heavy atom. The van der Waals surface area contributed by atoms with Crippen LogP contribution in [0.1, 0.15) is 40.2 Å². The van der Waals surface area contributed by atoms with Gasteiger partial charge in [-0.15, -0.1) is 23.1 Å². The highest BCUT2D eigenvalue weighted by Gasteiger charge is 2.56. The summed E-state index contributed by atoms with van der Waals surface area (Å²) in [5.41, 5.74) is 0.205. The number of sulfonamides is 1. The van der Waals surface area contributed by atoms with Crippen LogP contribution in [0.5, 0.6) is 0 Å². The molecule has 0 radical (unpaired) electrons. The number of aldehydes is 1. The zero-order chi connectivity index (χ0) is 26.9. The summed E-state index contributed by atoms with van der Waals surface area (Å²) in [4.78, 5) is 27.8. The Morgan fingerprint density at radius 1 is 1.11 bits per heavy atom. The normalized spacial score (nSPS) is 12.8. The lowest BCUT2D eigenvalue weighted by Crippen LogP contribution is -2.36. The third-order valence-corrected chi connectivity index (χ3v) is 9.11. The fraction of sp³-hybridized carbons (Fsp3) is 0.381. The number of alkyl halides is 5. The second-order valence-electron chi connectivity index (χ2n) is 7.76. The highest BCUT2D eigenvalue weighted by molar-refractivity contribution is 8.01. The van der Waals surface area contributed by atoms with Gasteiger partial charge in [0, 0.05) is 22.6 Å². The van der Waals surface area contributed by atoms with Crippen molar-refractivity contribution in [1.29, 1.82) is 0 Å². The molecule has 1 aromatic carbocycles. The molecule has 0 bridgehead atoms. The van der Waals surface area contributed by atoms with Crippen LogP contribution < -0.4 is 10.4 Å². The minimum absolute atomic E-state index is 0.0324. The van der Waals surface area contributed by atoms with E-state index in [1.54, 1.807) is 13.8 Å². The van der Waals surface area contributed by atoms with Crippen molar-refractivity contribution in [3.8, 4) is 5.69 Å². The van der Waals surface area contributed by atoms with Gasteiger partial charge < -0.3 is 0 Å². The number of unbranched alkanes of at least 4 members (excludes halogenated alkanes) is 1. The molecule has 196 valence electrons. The molecule has 0 saturated carbocycles. The molecule has 0 aliphatic carbocycles. The summed E-state index contributed by atoms with van der Waals surface area (Å²) in [7, 11) is -4.19. The summed E-state index contributed by atoms with van der Waals surface area (Å²) >= 11 is 2.32. The number of hydrogen-bond donors (Lipinski definition) is 1. The molecular formula is C21H20F5N3O4S3. The van der Waals surface area contributed by atoms with E-state index in [0.717, 1.165) is 11.8 Å². The van der Waals surface area contributed by atoms with Crippen LogP contribution in [0, 0.1) is 13.8 Å². The lowest BCUT2D eigenvalue weighted by Gasteiger charge is -2.19. The second kappa shape index (κ2) is 10.5. The SMILES string of the molecule is Cc1sc(SCCCCC(F)(F)C(F)(F)F)c2c(NS(=O)(=O)c3ccc(C=O)cc3)nc(=O)n-2c1C. The summed E-state index contributed by atoms with van der Waals surface area (Å²) in [6, 6.07) is 5.05. The summed E-state index contributed by atoms with van der Waals surface area (Å²) in [5.74, 6) is -4.86. The van der Waals surface area contributed by atoms with Crippen LogP contribution in [-0.4, -0.2) is 42.1 Å². The number of thioether (sulfide) groups is 1. The summed E-state index contributed by atoms with van der Waals surface area (Å²) < 4.78 is 93.0. The maximum absolute atomic E-state index is 13.1. The predicted molar refractivity (Wildman–Crippen MR) is 127 cm³/mol. The number of benzene rings is 1. The summed E-state index contributed by atoms with van der Waals surface area (Å²) in [6.45, 7) is 3.37. The fourth-order valence-electron chi connectivity index (χ4n) is 3.15. The topological polar surface area (TPSA) is 98.1 Å². The number of fused-ring (bicyclic) bond motifs is 1. The minimum atomic E-state index is -5.61. The van der Waals surface area contributed by atoms with Crippen molar-refractivity contribution in [1.82, 2.24) is 9.55 Å². The summed E-state index contributed by atoms with van der Waals surface area (Å²) in [6.07, 6.45) is -6.74. The van der Waals surface area contributed by atoms with Gasteiger partial charge in [0.15, 0.2) is 5.82 Å². The second-order valence-corrected chi connectivity index (χ2v) is 12.0. The van der Waals surface area contributed by atoms with Crippen molar-refractivity contribution in [2.75, 3.05) is 10.5 Å². The van der Waals surface area contributed by atoms with Crippen LogP contribution in [0.2, 0.25) is 0 Å². The van der Waals surface area contributed by atoms with Gasteiger partial charge in [-0.3, -0.25) is 14.1 Å². The highest BCUT2D eigenvalue weighted by atomic mass is 32.2. The van der Waals surface area contributed by atoms with E-state index < -0.39 is 34.2 Å². The number of nitrogens with zero attached hydrogens (tertiary/aromatic N) is 2. The number of carbonyl (C=O) groups excluding carboxylic acids is 1. The first kappa shape index (κ1) is 28.1. The van der Waals surface area contributed by atoms with Gasteiger partial charge in [-0.2, -0.15) is 26.9 Å². The highest BCUT2D eigenvalue weighted by Crippen LogP contribution is 2.41. The average Bonchev–Trinajstić information content (AvgIpc) is 3.11. The minimum Gasteiger partial charge on any atom is -0.298 e. The van der Waals surface area contributed by atoms with E-state index in [2.05, 4.69) is 9.71 Å². The number of halogens is 5. The van der Waals surface area contributed by atoms with Crippen LogP contribution in [0.3, 0.4) is 0 Å². The van der Waals surface area contributed by atoms with Crippen LogP contribution in [0.4, 0.5) is 27.8 Å². The molecular weight excluding hydrogens is 549 g/mol. The first-order valence-electron chi connectivity index (χ1n) is 10.4. The quantitative estimate of drug-likeness (QED) is 0.152. The molecule has 2 aliphatic heterocycles. The van der Waals surface area contributed by atoms with Crippen molar-refractivity contribution in [2.24, 2.45) is 0 Å². The number of rotatable bonds is 10. The molecule has 0 spiro atoms. The van der Waals surface area contributed by atoms with Gasteiger partial charge in [-0.1, -0.05) is 12.1 Å². The number of anilines is 1. The van der Waals surface area contributed by atoms with Crippen molar-refractivity contribution < 1.29 is 35.2 Å². The predicted octanol–water partition coefficient (Wildman–Crippen LogP) is 5.42. The largest absolute Gasteiger partial charge is 0.453 e. The Labute approximate surface area is 211 Å². The molecule has 3 rings (SSSR count). The van der Waals surface area contributed by atoms with Gasteiger partial charge in [0.2, 0.25) is 0 Å². The third kappa shape index (κ3) is 5.89. The lowest BCUT2D eigenvalue weighted by molar-refractivity contribution is -0.284. The number of aryl methyl sites for hydroxylation is 1. The molecule has 1 aromatic rings. The van der Waals surface area contributed by atoms with Gasteiger partial charge in [0.05, 0.1) is 9.10 Å². The molecule has 0 atom stereocenters. The van der Waals surface area contributed by atoms with E-state index in [1.807, 2.05) is 0 Å². The molecule has 36 heavy (non-hydrogen) atoms. The van der Waals surface area contributed by atoms with E-state index in [4.69, 9.17) is 0 Å². The van der Waals surface area contributed by atoms with E-state index >= 15 is 0 Å². The maximum Gasteiger partial charge on any atom is 0.453 e. The molecule has 0 fully saturated rings. The molecule has 2 aliphatic rings. The third-order valence-electron chi connectivity index (χ3n) is 5.22. The monoisotopic (exact) mass is 569 g/mol. The van der Waals surface area contributed by atoms with Gasteiger partial charge in [-0.05, 0) is 44.6 Å². The molecule has 0 aromatic heterocycles. The number of aromatic nitrogens is 2. The molecule has 0 unspecified atom stereocenters. The Kier molecular flexibility index (Phi) is 8.15. The molecule has 0 amide bonds. The van der Waals surface area contributed by atoms with Crippen LogP contribution >= 0.6 is 23.1 Å². The molecule has 7 nitrogen and oxygen atoms in total. The van der Waals surface area contributed by atoms with Crippen LogP contribution in [-0.2, 0) is 10.0 Å². The van der Waals surface area contributed by atoms with Crippen molar-refractivity contribution >= 4 is 45.2 Å². The van der Waals surface area contributed by atoms with Gasteiger partial charge in [0.1, 0.15) is 12.0 Å². The number of hydrogen-bond acceptors (Lipinski definition) is 7.